The van der Waals surface area contributed by atoms with Gasteiger partial charge in [0.25, 0.3) is 0 Å². The molecule has 3 rings (SSSR count). The van der Waals surface area contributed by atoms with Crippen molar-refractivity contribution in [1.82, 2.24) is 15.2 Å². The van der Waals surface area contributed by atoms with Crippen molar-refractivity contribution < 1.29 is 19.7 Å². The van der Waals surface area contributed by atoms with Gasteiger partial charge >= 0.3 is 0 Å². The van der Waals surface area contributed by atoms with E-state index in [0.717, 1.165) is 63.1 Å². The molecule has 3 N–H and O–H groups in total. The number of aliphatic hydroxyl groups is 2. The third-order valence-corrected chi connectivity index (χ3v) is 6.61. The lowest BCUT2D eigenvalue weighted by atomic mass is 10.1. The van der Waals surface area contributed by atoms with Crippen LogP contribution >= 0.6 is 11.3 Å². The molecule has 7 nitrogen and oxygen atoms in total. The maximum absolute atomic E-state index is 10.3. The number of hydrogen-bond acceptors (Lipinski definition) is 8. The zero-order chi connectivity index (χ0) is 22.1. The third kappa shape index (κ3) is 7.73. The van der Waals surface area contributed by atoms with Crippen molar-refractivity contribution in [1.29, 1.82) is 0 Å². The maximum Gasteiger partial charge on any atom is 0.161 e. The van der Waals surface area contributed by atoms with Crippen molar-refractivity contribution in [3.8, 4) is 11.5 Å². The Balaban J connectivity index is 1.39. The van der Waals surface area contributed by atoms with Crippen LogP contribution in [0.15, 0.2) is 23.7 Å². The van der Waals surface area contributed by atoms with E-state index in [9.17, 15) is 10.2 Å². The van der Waals surface area contributed by atoms with Gasteiger partial charge in [-0.25, -0.2) is 4.98 Å². The van der Waals surface area contributed by atoms with Gasteiger partial charge in [-0.15, -0.1) is 11.3 Å². The van der Waals surface area contributed by atoms with E-state index in [0.29, 0.717) is 18.0 Å². The second kappa shape index (κ2) is 12.4. The van der Waals surface area contributed by atoms with E-state index in [1.54, 1.807) is 18.4 Å². The van der Waals surface area contributed by atoms with Crippen molar-refractivity contribution in [2.45, 2.75) is 51.4 Å². The van der Waals surface area contributed by atoms with E-state index in [2.05, 4.69) is 22.1 Å². The number of nitrogens with zero attached hydrogens (tertiary/aromatic N) is 2. The quantitative estimate of drug-likeness (QED) is 0.429. The Kier molecular flexibility index (Phi) is 9.54. The summed E-state index contributed by atoms with van der Waals surface area (Å²) >= 11 is 1.73. The highest BCUT2D eigenvalue weighted by atomic mass is 32.1. The number of β-amino-alcohol motifs (C(OH)–C–C–N with tert-alkyl or cyclic N) is 1. The summed E-state index contributed by atoms with van der Waals surface area (Å²) in [6, 6.07) is 5.91. The fraction of sp³-hybridized carbons (Fsp3) is 0.609. The highest BCUT2D eigenvalue weighted by Crippen LogP contribution is 2.28. The topological polar surface area (TPSA) is 87.1 Å². The fourth-order valence-electron chi connectivity index (χ4n) is 3.75. The smallest absolute Gasteiger partial charge is 0.161 e. The van der Waals surface area contributed by atoms with Crippen LogP contribution < -0.4 is 14.8 Å². The van der Waals surface area contributed by atoms with Crippen LogP contribution in [0.1, 0.15) is 35.4 Å². The summed E-state index contributed by atoms with van der Waals surface area (Å²) in [6.07, 6.45) is 2.88. The minimum absolute atomic E-state index is 0.204. The molecule has 0 saturated carbocycles. The second-order valence-electron chi connectivity index (χ2n) is 8.12. The zero-order valence-electron chi connectivity index (χ0n) is 18.5. The third-order valence-electron chi connectivity index (χ3n) is 5.62. The van der Waals surface area contributed by atoms with Gasteiger partial charge in [0.2, 0.25) is 0 Å². The fourth-order valence-corrected chi connectivity index (χ4v) is 4.58. The number of hydrogen-bond donors (Lipinski definition) is 3. The van der Waals surface area contributed by atoms with Crippen LogP contribution in [0.2, 0.25) is 0 Å². The average molecular weight is 450 g/mol. The van der Waals surface area contributed by atoms with Gasteiger partial charge in [-0.3, -0.25) is 0 Å². The summed E-state index contributed by atoms with van der Waals surface area (Å²) in [4.78, 5) is 7.83. The highest BCUT2D eigenvalue weighted by molar-refractivity contribution is 7.09. The Morgan fingerprint density at radius 2 is 2.10 bits per heavy atom. The lowest BCUT2D eigenvalue weighted by Crippen LogP contribution is -2.41. The first-order valence-corrected chi connectivity index (χ1v) is 11.9. The molecule has 172 valence electrons. The number of ether oxygens (including phenoxy) is 2. The van der Waals surface area contributed by atoms with Gasteiger partial charge in [0, 0.05) is 31.1 Å². The average Bonchev–Trinajstić information content (AvgIpc) is 3.18. The summed E-state index contributed by atoms with van der Waals surface area (Å²) in [6.45, 7) is 6.16. The Morgan fingerprint density at radius 3 is 2.81 bits per heavy atom. The van der Waals surface area contributed by atoms with E-state index >= 15 is 0 Å². The molecule has 1 aliphatic rings. The van der Waals surface area contributed by atoms with Crippen LogP contribution in [0.5, 0.6) is 11.5 Å². The van der Waals surface area contributed by atoms with Crippen LogP contribution in [-0.2, 0) is 13.0 Å². The number of likely N-dealkylation sites (tertiary alicyclic amines) is 1. The SMILES string of the molecule is COc1cc(CNCCCc2scnc2C)ccc1OC[C@H](O)CN1CCC(O)CC1. The summed E-state index contributed by atoms with van der Waals surface area (Å²) < 4.78 is 11.3. The predicted molar refractivity (Wildman–Crippen MR) is 123 cm³/mol. The van der Waals surface area contributed by atoms with Gasteiger partial charge in [-0.2, -0.15) is 0 Å². The number of aliphatic hydroxyl groups excluding tert-OH is 2. The number of thiazole rings is 1. The number of aryl methyl sites for hydroxylation is 2. The van der Waals surface area contributed by atoms with Gasteiger partial charge in [0.1, 0.15) is 12.7 Å². The Labute approximate surface area is 189 Å². The molecule has 1 atom stereocenters. The number of nitrogens with one attached hydrogen (secondary N) is 1. The van der Waals surface area contributed by atoms with Crippen LogP contribution in [0, 0.1) is 6.92 Å². The van der Waals surface area contributed by atoms with Crippen LogP contribution in [0.25, 0.3) is 0 Å². The normalized spacial score (nSPS) is 16.4. The minimum Gasteiger partial charge on any atom is -0.493 e. The molecule has 1 saturated heterocycles. The molecule has 0 unspecified atom stereocenters. The second-order valence-corrected chi connectivity index (χ2v) is 9.06. The standard InChI is InChI=1S/C23H35N3O4S/c1-17-23(31-16-25-17)4-3-9-24-13-18-5-6-21(22(12-18)29-2)30-15-20(28)14-26-10-7-19(27)8-11-26/h5-6,12,16,19-20,24,27-28H,3-4,7-11,13-15H2,1-2H3/t20-/m1/s1. The number of methoxy groups -OCH3 is 1. The first kappa shape index (κ1) is 23.9. The van der Waals surface area contributed by atoms with E-state index in [1.165, 1.54) is 4.88 Å². The highest BCUT2D eigenvalue weighted by Gasteiger charge is 2.20. The monoisotopic (exact) mass is 449 g/mol. The molecule has 0 amide bonds. The molecule has 31 heavy (non-hydrogen) atoms. The molecule has 0 bridgehead atoms. The van der Waals surface area contributed by atoms with Gasteiger partial charge in [-0.05, 0) is 56.8 Å². The minimum atomic E-state index is -0.580. The van der Waals surface area contributed by atoms with E-state index in [4.69, 9.17) is 9.47 Å². The molecule has 8 heteroatoms. The number of piperidine rings is 1. The molecule has 2 heterocycles. The van der Waals surface area contributed by atoms with Gasteiger partial charge in [-0.1, -0.05) is 6.07 Å². The van der Waals surface area contributed by atoms with Gasteiger partial charge in [0.15, 0.2) is 11.5 Å². The summed E-state index contributed by atoms with van der Waals surface area (Å²) in [5.41, 5.74) is 4.18. The van der Waals surface area contributed by atoms with E-state index < -0.39 is 6.10 Å². The largest absolute Gasteiger partial charge is 0.493 e. The molecule has 0 aliphatic carbocycles. The molecular weight excluding hydrogens is 414 g/mol. The summed E-state index contributed by atoms with van der Waals surface area (Å²) in [7, 11) is 1.63. The summed E-state index contributed by atoms with van der Waals surface area (Å²) in [5.74, 6) is 1.31. The molecule has 1 aromatic carbocycles. The summed E-state index contributed by atoms with van der Waals surface area (Å²) in [5, 5.41) is 23.4. The molecule has 1 aromatic heterocycles. The molecule has 0 radical (unpaired) electrons. The van der Waals surface area contributed by atoms with Gasteiger partial charge in [0.05, 0.1) is 24.4 Å². The number of benzene rings is 1. The lowest BCUT2D eigenvalue weighted by molar-refractivity contribution is 0.0333. The van der Waals surface area contributed by atoms with Crippen molar-refractivity contribution in [3.63, 3.8) is 0 Å². The van der Waals surface area contributed by atoms with Gasteiger partial charge < -0.3 is 29.9 Å². The van der Waals surface area contributed by atoms with Crippen molar-refractivity contribution in [2.75, 3.05) is 39.9 Å². The first-order chi connectivity index (χ1) is 15.0. The number of aromatic nitrogens is 1. The lowest BCUT2D eigenvalue weighted by Gasteiger charge is -2.30. The Bertz CT molecular complexity index is 793. The van der Waals surface area contributed by atoms with Crippen molar-refractivity contribution in [2.24, 2.45) is 0 Å². The van der Waals surface area contributed by atoms with Crippen molar-refractivity contribution >= 4 is 11.3 Å². The first-order valence-electron chi connectivity index (χ1n) is 11.0. The van der Waals surface area contributed by atoms with Crippen LogP contribution in [0.3, 0.4) is 0 Å². The molecule has 2 aromatic rings. The molecular formula is C23H35N3O4S. The van der Waals surface area contributed by atoms with Crippen molar-refractivity contribution in [3.05, 3.63) is 39.8 Å². The zero-order valence-corrected chi connectivity index (χ0v) is 19.4. The van der Waals surface area contributed by atoms with Crippen LogP contribution in [0.4, 0.5) is 0 Å². The van der Waals surface area contributed by atoms with E-state index in [-0.39, 0.29) is 12.7 Å². The Morgan fingerprint density at radius 1 is 1.29 bits per heavy atom. The van der Waals surface area contributed by atoms with E-state index in [1.807, 2.05) is 23.7 Å². The van der Waals surface area contributed by atoms with Crippen LogP contribution in [-0.4, -0.2) is 72.2 Å². The number of rotatable bonds is 12. The molecule has 1 fully saturated rings. The maximum atomic E-state index is 10.3. The Hall–Kier alpha value is -1.71. The molecule has 1 aliphatic heterocycles. The predicted octanol–water partition coefficient (Wildman–Crippen LogP) is 2.38. The molecule has 0 spiro atoms.